The molecule has 28 heavy (non-hydrogen) atoms. The highest BCUT2D eigenvalue weighted by Crippen LogP contribution is 2.29. The Hall–Kier alpha value is -3.49. The number of hydrogen-bond donors (Lipinski definition) is 1. The van der Waals surface area contributed by atoms with Crippen molar-refractivity contribution in [3.05, 3.63) is 64.7 Å². The molecule has 1 aliphatic rings. The van der Waals surface area contributed by atoms with Gasteiger partial charge in [-0.1, -0.05) is 18.2 Å². The van der Waals surface area contributed by atoms with Crippen LogP contribution >= 0.6 is 0 Å². The van der Waals surface area contributed by atoms with Gasteiger partial charge in [-0.05, 0) is 25.0 Å². The zero-order valence-corrected chi connectivity index (χ0v) is 15.5. The lowest BCUT2D eigenvalue weighted by Crippen LogP contribution is -2.35. The molecule has 0 unspecified atom stereocenters. The summed E-state index contributed by atoms with van der Waals surface area (Å²) in [6, 6.07) is 9.56. The van der Waals surface area contributed by atoms with Gasteiger partial charge in [-0.2, -0.15) is 5.10 Å². The Bertz CT molecular complexity index is 1050. The monoisotopic (exact) mass is 379 g/mol. The smallest absolute Gasteiger partial charge is 0.350 e. The maximum Gasteiger partial charge on any atom is 0.350 e. The van der Waals surface area contributed by atoms with E-state index in [0.717, 1.165) is 37.4 Å². The molecule has 1 fully saturated rings. The first-order chi connectivity index (χ1) is 13.5. The van der Waals surface area contributed by atoms with Crippen LogP contribution in [-0.2, 0) is 7.05 Å². The van der Waals surface area contributed by atoms with Crippen molar-refractivity contribution in [1.82, 2.24) is 24.3 Å². The molecule has 3 aromatic rings. The van der Waals surface area contributed by atoms with Crippen molar-refractivity contribution in [2.75, 3.05) is 18.0 Å². The van der Waals surface area contributed by atoms with Gasteiger partial charge < -0.3 is 10.6 Å². The molecule has 0 spiro atoms. The molecule has 0 bridgehead atoms. The van der Waals surface area contributed by atoms with Crippen LogP contribution in [0.15, 0.2) is 47.5 Å². The summed E-state index contributed by atoms with van der Waals surface area (Å²) >= 11 is 0. The Morgan fingerprint density at radius 2 is 1.86 bits per heavy atom. The fourth-order valence-electron chi connectivity index (χ4n) is 3.56. The van der Waals surface area contributed by atoms with Crippen molar-refractivity contribution in [1.29, 1.82) is 0 Å². The lowest BCUT2D eigenvalue weighted by Gasteiger charge is -2.32. The molecule has 0 aliphatic carbocycles. The number of primary amides is 1. The molecule has 2 aromatic heterocycles. The molecule has 0 radical (unpaired) electrons. The number of para-hydroxylation sites is 1. The first-order valence-corrected chi connectivity index (χ1v) is 9.13. The van der Waals surface area contributed by atoms with Crippen molar-refractivity contribution in [2.24, 2.45) is 12.8 Å². The van der Waals surface area contributed by atoms with Crippen molar-refractivity contribution in [3.8, 4) is 5.69 Å². The number of piperidine rings is 1. The Labute approximate surface area is 161 Å². The third-order valence-electron chi connectivity index (χ3n) is 5.02. The minimum atomic E-state index is -0.593. The maximum absolute atomic E-state index is 12.6. The van der Waals surface area contributed by atoms with Crippen LogP contribution in [0.25, 0.3) is 5.69 Å². The average molecular weight is 379 g/mol. The summed E-state index contributed by atoms with van der Waals surface area (Å²) in [5.74, 6) is 0.966. The van der Waals surface area contributed by atoms with Crippen LogP contribution < -0.4 is 16.3 Å². The van der Waals surface area contributed by atoms with Gasteiger partial charge >= 0.3 is 5.69 Å². The number of amides is 1. The highest BCUT2D eigenvalue weighted by Gasteiger charge is 2.27. The molecular weight excluding hydrogens is 358 g/mol. The third kappa shape index (κ3) is 3.26. The van der Waals surface area contributed by atoms with Crippen molar-refractivity contribution in [2.45, 2.75) is 18.8 Å². The van der Waals surface area contributed by atoms with E-state index in [2.05, 4.69) is 20.0 Å². The van der Waals surface area contributed by atoms with E-state index in [1.807, 2.05) is 30.3 Å². The molecule has 9 nitrogen and oxygen atoms in total. The van der Waals surface area contributed by atoms with Crippen LogP contribution in [-0.4, -0.2) is 43.3 Å². The van der Waals surface area contributed by atoms with Gasteiger partial charge in [0.1, 0.15) is 17.3 Å². The number of carbonyl (C=O) groups excluding carboxylic acids is 1. The van der Waals surface area contributed by atoms with Crippen molar-refractivity contribution in [3.63, 3.8) is 0 Å². The molecule has 0 atom stereocenters. The minimum Gasteiger partial charge on any atom is -0.364 e. The zero-order valence-electron chi connectivity index (χ0n) is 15.5. The topological polar surface area (TPSA) is 112 Å². The first-order valence-electron chi connectivity index (χ1n) is 9.13. The number of benzene rings is 1. The predicted octanol–water partition coefficient (Wildman–Crippen LogP) is 0.844. The Balaban J connectivity index is 1.57. The molecular formula is C19H21N7O2. The van der Waals surface area contributed by atoms with Gasteiger partial charge in [0.15, 0.2) is 0 Å². The van der Waals surface area contributed by atoms with Crippen LogP contribution in [0.1, 0.15) is 35.1 Å². The highest BCUT2D eigenvalue weighted by atomic mass is 16.2. The first kappa shape index (κ1) is 17.9. The van der Waals surface area contributed by atoms with Gasteiger partial charge in [0, 0.05) is 26.1 Å². The number of nitrogens with two attached hydrogens (primary N) is 1. The molecule has 1 aromatic carbocycles. The summed E-state index contributed by atoms with van der Waals surface area (Å²) in [5, 5.41) is 4.50. The molecule has 2 N–H and O–H groups in total. The minimum absolute atomic E-state index is 0.149. The largest absolute Gasteiger partial charge is 0.364 e. The Kier molecular flexibility index (Phi) is 4.64. The van der Waals surface area contributed by atoms with Crippen molar-refractivity contribution >= 4 is 11.7 Å². The molecule has 9 heteroatoms. The van der Waals surface area contributed by atoms with Gasteiger partial charge in [0.25, 0.3) is 5.91 Å². The van der Waals surface area contributed by atoms with Crippen molar-refractivity contribution < 1.29 is 4.79 Å². The normalized spacial score (nSPS) is 15.0. The van der Waals surface area contributed by atoms with Crippen LogP contribution in [0.2, 0.25) is 0 Å². The second-order valence-electron chi connectivity index (χ2n) is 6.82. The standard InChI is InChI=1S/C19H21N7O2/c1-24-19(28)26(14-5-3-2-4-6-14)18(23-24)13-7-9-25(10-8-13)16-12-21-11-15(22-16)17(20)27/h2-6,11-13H,7-10H2,1H3,(H2,20,27). The zero-order chi connectivity index (χ0) is 19.7. The second kappa shape index (κ2) is 7.26. The summed E-state index contributed by atoms with van der Waals surface area (Å²) < 4.78 is 3.07. The summed E-state index contributed by atoms with van der Waals surface area (Å²) in [4.78, 5) is 34.4. The van der Waals surface area contributed by atoms with E-state index in [1.165, 1.54) is 10.9 Å². The van der Waals surface area contributed by atoms with E-state index in [0.29, 0.717) is 5.82 Å². The summed E-state index contributed by atoms with van der Waals surface area (Å²) in [6.07, 6.45) is 4.62. The molecule has 144 valence electrons. The maximum atomic E-state index is 12.6. The number of rotatable bonds is 4. The van der Waals surface area contributed by atoms with E-state index >= 15 is 0 Å². The molecule has 4 rings (SSSR count). The van der Waals surface area contributed by atoms with Gasteiger partial charge in [0.05, 0.1) is 18.1 Å². The second-order valence-corrected chi connectivity index (χ2v) is 6.82. The van der Waals surface area contributed by atoms with E-state index in [1.54, 1.807) is 17.8 Å². The van der Waals surface area contributed by atoms with Crippen LogP contribution in [0.3, 0.4) is 0 Å². The predicted molar refractivity (Wildman–Crippen MR) is 104 cm³/mol. The molecule has 1 amide bonds. The highest BCUT2D eigenvalue weighted by molar-refractivity contribution is 5.90. The van der Waals surface area contributed by atoms with E-state index in [9.17, 15) is 9.59 Å². The summed E-state index contributed by atoms with van der Waals surface area (Å²) in [5.41, 5.74) is 6.12. The SMILES string of the molecule is Cn1nc(C2CCN(c3cncc(C(N)=O)n3)CC2)n(-c2ccccc2)c1=O. The number of hydrogen-bond acceptors (Lipinski definition) is 6. The van der Waals surface area contributed by atoms with Gasteiger partial charge in [-0.15, -0.1) is 0 Å². The molecule has 3 heterocycles. The van der Waals surface area contributed by atoms with Gasteiger partial charge in [0.2, 0.25) is 0 Å². The van der Waals surface area contributed by atoms with Crippen LogP contribution in [0.5, 0.6) is 0 Å². The van der Waals surface area contributed by atoms with Gasteiger partial charge in [-0.3, -0.25) is 9.78 Å². The lowest BCUT2D eigenvalue weighted by molar-refractivity contribution is 0.0995. The number of aromatic nitrogens is 5. The van der Waals surface area contributed by atoms with Crippen LogP contribution in [0.4, 0.5) is 5.82 Å². The Morgan fingerprint density at radius 3 is 2.54 bits per heavy atom. The molecule has 1 saturated heterocycles. The number of anilines is 1. The fraction of sp³-hybridized carbons (Fsp3) is 0.316. The quantitative estimate of drug-likeness (QED) is 0.719. The lowest BCUT2D eigenvalue weighted by atomic mass is 9.96. The van der Waals surface area contributed by atoms with Crippen LogP contribution in [0, 0.1) is 0 Å². The average Bonchev–Trinajstić information content (AvgIpc) is 3.03. The fourth-order valence-corrected chi connectivity index (χ4v) is 3.56. The van der Waals surface area contributed by atoms with E-state index < -0.39 is 5.91 Å². The summed E-state index contributed by atoms with van der Waals surface area (Å²) in [6.45, 7) is 1.45. The van der Waals surface area contributed by atoms with Gasteiger partial charge in [-0.25, -0.2) is 19.0 Å². The molecule has 0 saturated carbocycles. The molecule has 1 aliphatic heterocycles. The Morgan fingerprint density at radius 1 is 1.14 bits per heavy atom. The summed E-state index contributed by atoms with van der Waals surface area (Å²) in [7, 11) is 1.67. The number of carbonyl (C=O) groups is 1. The third-order valence-corrected chi connectivity index (χ3v) is 5.02. The van der Waals surface area contributed by atoms with E-state index in [4.69, 9.17) is 5.73 Å². The number of nitrogens with zero attached hydrogens (tertiary/aromatic N) is 6. The number of aryl methyl sites for hydroxylation is 1. The van der Waals surface area contributed by atoms with E-state index in [-0.39, 0.29) is 17.3 Å².